The van der Waals surface area contributed by atoms with E-state index in [0.29, 0.717) is 17.8 Å². The summed E-state index contributed by atoms with van der Waals surface area (Å²) in [6.07, 6.45) is 5.10. The Labute approximate surface area is 276 Å². The van der Waals surface area contributed by atoms with Crippen LogP contribution < -0.4 is 30.9 Å². The maximum Gasteiger partial charge on any atom is 0.229 e. The molecule has 2 saturated heterocycles. The summed E-state index contributed by atoms with van der Waals surface area (Å²) in [5.74, 6) is 1.99. The van der Waals surface area contributed by atoms with Crippen molar-refractivity contribution in [2.75, 3.05) is 75.2 Å². The average molecular weight is 692 g/mol. The van der Waals surface area contributed by atoms with Crippen molar-refractivity contribution < 1.29 is 4.74 Å². The third-order valence-corrected chi connectivity index (χ3v) is 10.9. The first-order valence-electron chi connectivity index (χ1n) is 15.9. The van der Waals surface area contributed by atoms with Crippen LogP contribution in [0.25, 0.3) is 10.9 Å². The van der Waals surface area contributed by atoms with E-state index in [1.165, 1.54) is 34.8 Å². The normalized spacial score (nSPS) is 16.4. The summed E-state index contributed by atoms with van der Waals surface area (Å²) in [6.45, 7) is 15.4. The number of piperazine rings is 1. The minimum atomic E-state index is -0.409. The van der Waals surface area contributed by atoms with Gasteiger partial charge in [0.15, 0.2) is 0 Å². The van der Waals surface area contributed by atoms with Crippen LogP contribution in [0.3, 0.4) is 0 Å². The highest BCUT2D eigenvalue weighted by Crippen LogP contribution is 2.38. The zero-order valence-electron chi connectivity index (χ0n) is 27.0. The molecule has 4 heterocycles. The molecular weight excluding hydrogens is 647 g/mol. The highest BCUT2D eigenvalue weighted by atomic mass is 79.9. The zero-order chi connectivity index (χ0) is 31.5. The molecule has 0 radical (unpaired) electrons. The number of fused-ring (bicyclic) bond motifs is 1. The van der Waals surface area contributed by atoms with Crippen molar-refractivity contribution in [2.45, 2.75) is 39.2 Å². The van der Waals surface area contributed by atoms with Gasteiger partial charge in [0.25, 0.3) is 0 Å². The molecule has 2 fully saturated rings. The van der Waals surface area contributed by atoms with Crippen molar-refractivity contribution in [3.05, 3.63) is 58.3 Å². The van der Waals surface area contributed by atoms with Gasteiger partial charge in [0.2, 0.25) is 5.95 Å². The van der Waals surface area contributed by atoms with Gasteiger partial charge in [-0.05, 0) is 85.3 Å². The Morgan fingerprint density at radius 3 is 2.49 bits per heavy atom. The fraction of sp³-hybridized carbons (Fsp3) is 0.441. The van der Waals surface area contributed by atoms with Gasteiger partial charge < -0.3 is 25.6 Å². The highest BCUT2D eigenvalue weighted by molar-refractivity contribution is 9.10. The fourth-order valence-electron chi connectivity index (χ4n) is 6.61. The van der Waals surface area contributed by atoms with E-state index < -0.39 is 7.92 Å². The Kier molecular flexibility index (Phi) is 10.0. The Hall–Kier alpha value is -3.04. The lowest BCUT2D eigenvalue weighted by Gasteiger charge is -2.41. The van der Waals surface area contributed by atoms with E-state index in [1.54, 1.807) is 13.3 Å². The van der Waals surface area contributed by atoms with Gasteiger partial charge in [0.05, 0.1) is 22.8 Å². The first kappa shape index (κ1) is 31.9. The van der Waals surface area contributed by atoms with E-state index in [9.17, 15) is 0 Å². The molecule has 2 aromatic heterocycles. The van der Waals surface area contributed by atoms with Crippen LogP contribution in [0.5, 0.6) is 5.75 Å². The summed E-state index contributed by atoms with van der Waals surface area (Å²) in [6, 6.07) is 13.5. The van der Waals surface area contributed by atoms with Gasteiger partial charge in [-0.15, -0.1) is 0 Å². The Morgan fingerprint density at radius 1 is 1.00 bits per heavy atom. The number of aryl methyl sites for hydroxylation is 2. The third-order valence-electron chi connectivity index (χ3n) is 8.93. The fourth-order valence-corrected chi connectivity index (χ4v) is 8.19. The summed E-state index contributed by atoms with van der Waals surface area (Å²) in [5.41, 5.74) is 6.48. The van der Waals surface area contributed by atoms with Gasteiger partial charge in [0, 0.05) is 85.3 Å². The lowest BCUT2D eigenvalue weighted by atomic mass is 9.99. The summed E-state index contributed by atoms with van der Waals surface area (Å²) in [5, 5.41) is 13.0. The number of halogens is 1. The maximum atomic E-state index is 5.92. The molecular formula is C34H44BrN8OP. The first-order valence-corrected chi connectivity index (χ1v) is 18.9. The van der Waals surface area contributed by atoms with Crippen LogP contribution in [0.1, 0.15) is 31.0 Å². The smallest absolute Gasteiger partial charge is 0.229 e. The molecule has 6 rings (SSSR count). The van der Waals surface area contributed by atoms with Crippen LogP contribution in [0.15, 0.2) is 47.1 Å². The molecule has 0 amide bonds. The Morgan fingerprint density at radius 2 is 1.78 bits per heavy atom. The number of hydrogen-bond acceptors (Lipinski definition) is 9. The summed E-state index contributed by atoms with van der Waals surface area (Å²) < 4.78 is 6.71. The number of methoxy groups -OCH3 is 1. The van der Waals surface area contributed by atoms with Crippen molar-refractivity contribution in [1.82, 2.24) is 25.2 Å². The largest absolute Gasteiger partial charge is 0.494 e. The monoisotopic (exact) mass is 690 g/mol. The molecule has 11 heteroatoms. The SMILES string of the molecule is CCc1cc(Nc2ncc(Br)c(Nc3ccc4nc(C)ccc4c3P(C)C)n2)c(OC)cc1N1CCC(N2CCNCC2)CC1. The summed E-state index contributed by atoms with van der Waals surface area (Å²) in [7, 11) is 1.32. The molecule has 0 unspecified atom stereocenters. The van der Waals surface area contributed by atoms with Crippen LogP contribution >= 0.6 is 23.9 Å². The Balaban J connectivity index is 1.23. The molecule has 0 aliphatic carbocycles. The van der Waals surface area contributed by atoms with Crippen LogP contribution in [0.4, 0.5) is 28.8 Å². The molecule has 2 aromatic carbocycles. The number of ether oxygens (including phenoxy) is 1. The molecule has 3 N–H and O–H groups in total. The van der Waals surface area contributed by atoms with Gasteiger partial charge in [0.1, 0.15) is 11.6 Å². The molecule has 0 spiro atoms. The van der Waals surface area contributed by atoms with Crippen molar-refractivity contribution >= 4 is 68.9 Å². The first-order chi connectivity index (χ1) is 21.8. The van der Waals surface area contributed by atoms with E-state index in [1.807, 2.05) is 6.92 Å². The van der Waals surface area contributed by atoms with Gasteiger partial charge in [-0.25, -0.2) is 4.98 Å². The minimum absolute atomic E-state index is 0.409. The van der Waals surface area contributed by atoms with E-state index in [4.69, 9.17) is 14.7 Å². The number of nitrogens with zero attached hydrogens (tertiary/aromatic N) is 5. The third kappa shape index (κ3) is 7.04. The number of rotatable bonds is 9. The molecule has 4 aromatic rings. The maximum absolute atomic E-state index is 5.92. The molecule has 0 bridgehead atoms. The zero-order valence-corrected chi connectivity index (χ0v) is 29.4. The number of benzene rings is 2. The quantitative estimate of drug-likeness (QED) is 0.173. The number of pyridine rings is 1. The van der Waals surface area contributed by atoms with E-state index in [-0.39, 0.29) is 0 Å². The van der Waals surface area contributed by atoms with Crippen molar-refractivity contribution in [1.29, 1.82) is 0 Å². The lowest BCUT2D eigenvalue weighted by molar-refractivity contribution is 0.150. The molecule has 238 valence electrons. The van der Waals surface area contributed by atoms with Crippen molar-refractivity contribution in [2.24, 2.45) is 0 Å². The van der Waals surface area contributed by atoms with Gasteiger partial charge in [-0.2, -0.15) is 4.98 Å². The minimum Gasteiger partial charge on any atom is -0.494 e. The van der Waals surface area contributed by atoms with Crippen LogP contribution in [-0.2, 0) is 6.42 Å². The predicted octanol–water partition coefficient (Wildman–Crippen LogP) is 6.39. The number of hydrogen-bond donors (Lipinski definition) is 3. The standard InChI is InChI=1S/C34H44BrN8OP/c1-6-23-19-29(31(44-3)20-30(23)43-15-11-24(12-16-43)42-17-13-36-14-18-42)40-34-37-21-26(35)33(41-34)39-28-10-9-27-25(32(28)45(4)5)8-7-22(2)38-27/h7-10,19-21,24,36H,6,11-18H2,1-5H3,(H2,37,39,40,41). The second-order valence-corrected chi connectivity index (χ2v) is 15.1. The van der Waals surface area contributed by atoms with Crippen molar-refractivity contribution in [3.63, 3.8) is 0 Å². The Bertz CT molecular complexity index is 1650. The number of anilines is 5. The van der Waals surface area contributed by atoms with E-state index >= 15 is 0 Å². The molecule has 45 heavy (non-hydrogen) atoms. The van der Waals surface area contributed by atoms with Gasteiger partial charge in [-0.3, -0.25) is 9.88 Å². The van der Waals surface area contributed by atoms with E-state index in [2.05, 4.69) is 103 Å². The second kappa shape index (κ2) is 14.2. The number of aromatic nitrogens is 3. The molecule has 0 atom stereocenters. The van der Waals surface area contributed by atoms with Crippen LogP contribution in [-0.4, -0.2) is 85.6 Å². The van der Waals surface area contributed by atoms with Crippen LogP contribution in [0.2, 0.25) is 0 Å². The predicted molar refractivity (Wildman–Crippen MR) is 193 cm³/mol. The molecule has 0 saturated carbocycles. The second-order valence-electron chi connectivity index (χ2n) is 12.1. The topological polar surface area (TPSA) is 90.5 Å². The van der Waals surface area contributed by atoms with Crippen LogP contribution in [0, 0.1) is 6.92 Å². The van der Waals surface area contributed by atoms with E-state index in [0.717, 1.165) is 78.5 Å². The summed E-state index contributed by atoms with van der Waals surface area (Å²) in [4.78, 5) is 19.5. The molecule has 2 aliphatic rings. The van der Waals surface area contributed by atoms with Gasteiger partial charge in [-0.1, -0.05) is 20.9 Å². The number of nitrogens with one attached hydrogen (secondary N) is 3. The van der Waals surface area contributed by atoms with Gasteiger partial charge >= 0.3 is 0 Å². The van der Waals surface area contributed by atoms with Crippen molar-refractivity contribution in [3.8, 4) is 5.75 Å². The summed E-state index contributed by atoms with van der Waals surface area (Å²) >= 11 is 3.67. The highest BCUT2D eigenvalue weighted by Gasteiger charge is 2.27. The molecule has 9 nitrogen and oxygen atoms in total. The number of piperidine rings is 1. The molecule has 2 aliphatic heterocycles. The average Bonchev–Trinajstić information content (AvgIpc) is 3.06. The lowest BCUT2D eigenvalue weighted by Crippen LogP contribution is -2.52.